The average molecular weight is 245 g/mol. The molecular formula is C15H19NO2. The number of esters is 1. The fourth-order valence-corrected chi connectivity index (χ4v) is 2.04. The second-order valence-electron chi connectivity index (χ2n) is 4.66. The molecule has 1 heterocycles. The molecule has 0 aliphatic heterocycles. The normalized spacial score (nSPS) is 10.8. The van der Waals surface area contributed by atoms with E-state index in [1.54, 1.807) is 0 Å². The SMILES string of the molecule is CCCCOC(=O)c1cn(C)c2cc(C)ccc12. The summed E-state index contributed by atoms with van der Waals surface area (Å²) in [6, 6.07) is 6.09. The first kappa shape index (κ1) is 12.7. The third-order valence-electron chi connectivity index (χ3n) is 3.10. The number of rotatable bonds is 4. The molecule has 0 bridgehead atoms. The Labute approximate surface area is 107 Å². The van der Waals surface area contributed by atoms with Crippen LogP contribution >= 0.6 is 0 Å². The van der Waals surface area contributed by atoms with E-state index < -0.39 is 0 Å². The second-order valence-corrected chi connectivity index (χ2v) is 4.66. The first-order valence-corrected chi connectivity index (χ1v) is 6.36. The van der Waals surface area contributed by atoms with Gasteiger partial charge in [0.1, 0.15) is 0 Å². The number of nitrogens with zero attached hydrogens (tertiary/aromatic N) is 1. The molecule has 96 valence electrons. The topological polar surface area (TPSA) is 31.2 Å². The van der Waals surface area contributed by atoms with E-state index in [4.69, 9.17) is 4.74 Å². The maximum absolute atomic E-state index is 12.0. The predicted molar refractivity (Wildman–Crippen MR) is 72.8 cm³/mol. The van der Waals surface area contributed by atoms with Crippen molar-refractivity contribution in [2.75, 3.05) is 6.61 Å². The van der Waals surface area contributed by atoms with E-state index in [2.05, 4.69) is 13.0 Å². The van der Waals surface area contributed by atoms with Gasteiger partial charge in [0, 0.05) is 24.1 Å². The second kappa shape index (κ2) is 5.25. The molecule has 1 aromatic carbocycles. The molecule has 0 saturated heterocycles. The molecule has 3 heteroatoms. The van der Waals surface area contributed by atoms with Crippen LogP contribution in [0.2, 0.25) is 0 Å². The molecule has 0 atom stereocenters. The van der Waals surface area contributed by atoms with Crippen molar-refractivity contribution in [1.29, 1.82) is 0 Å². The molecule has 0 radical (unpaired) electrons. The fourth-order valence-electron chi connectivity index (χ4n) is 2.04. The van der Waals surface area contributed by atoms with Gasteiger partial charge in [0.15, 0.2) is 0 Å². The van der Waals surface area contributed by atoms with Crippen molar-refractivity contribution in [3.63, 3.8) is 0 Å². The number of fused-ring (bicyclic) bond motifs is 1. The zero-order chi connectivity index (χ0) is 13.1. The van der Waals surface area contributed by atoms with E-state index in [-0.39, 0.29) is 5.97 Å². The van der Waals surface area contributed by atoms with Gasteiger partial charge in [0.25, 0.3) is 0 Å². The van der Waals surface area contributed by atoms with Gasteiger partial charge in [-0.2, -0.15) is 0 Å². The van der Waals surface area contributed by atoms with Crippen LogP contribution in [-0.2, 0) is 11.8 Å². The number of aromatic nitrogens is 1. The van der Waals surface area contributed by atoms with E-state index in [9.17, 15) is 4.79 Å². The Kier molecular flexibility index (Phi) is 3.70. The molecule has 1 aromatic heterocycles. The Balaban J connectivity index is 2.31. The van der Waals surface area contributed by atoms with Gasteiger partial charge in [-0.25, -0.2) is 4.79 Å². The molecule has 2 rings (SSSR count). The van der Waals surface area contributed by atoms with Crippen LogP contribution in [0.5, 0.6) is 0 Å². The Bertz CT molecular complexity index is 569. The van der Waals surface area contributed by atoms with Crippen LogP contribution in [0.4, 0.5) is 0 Å². The smallest absolute Gasteiger partial charge is 0.340 e. The van der Waals surface area contributed by atoms with E-state index in [1.165, 1.54) is 5.56 Å². The molecule has 2 aromatic rings. The van der Waals surface area contributed by atoms with Crippen LogP contribution in [0, 0.1) is 6.92 Å². The lowest BCUT2D eigenvalue weighted by Crippen LogP contribution is -2.05. The van der Waals surface area contributed by atoms with Crippen molar-refractivity contribution in [3.05, 3.63) is 35.5 Å². The number of carbonyl (C=O) groups excluding carboxylic acids is 1. The molecule has 0 amide bonds. The van der Waals surface area contributed by atoms with Gasteiger partial charge >= 0.3 is 5.97 Å². The minimum Gasteiger partial charge on any atom is -0.462 e. The van der Waals surface area contributed by atoms with Crippen molar-refractivity contribution in [2.45, 2.75) is 26.7 Å². The zero-order valence-electron chi connectivity index (χ0n) is 11.2. The highest BCUT2D eigenvalue weighted by Crippen LogP contribution is 2.22. The minimum atomic E-state index is -0.224. The molecule has 0 fully saturated rings. The lowest BCUT2D eigenvalue weighted by atomic mass is 10.1. The Morgan fingerprint density at radius 1 is 1.39 bits per heavy atom. The number of unbranched alkanes of at least 4 members (excludes halogenated alkanes) is 1. The summed E-state index contributed by atoms with van der Waals surface area (Å²) in [6.45, 7) is 4.62. The van der Waals surface area contributed by atoms with E-state index >= 15 is 0 Å². The summed E-state index contributed by atoms with van der Waals surface area (Å²) in [5.74, 6) is -0.224. The maximum atomic E-state index is 12.0. The maximum Gasteiger partial charge on any atom is 0.340 e. The first-order valence-electron chi connectivity index (χ1n) is 6.36. The summed E-state index contributed by atoms with van der Waals surface area (Å²) in [4.78, 5) is 12.0. The van der Waals surface area contributed by atoms with Crippen LogP contribution in [0.15, 0.2) is 24.4 Å². The van der Waals surface area contributed by atoms with Crippen molar-refractivity contribution in [2.24, 2.45) is 7.05 Å². The highest BCUT2D eigenvalue weighted by Gasteiger charge is 2.14. The number of benzene rings is 1. The average Bonchev–Trinajstić information content (AvgIpc) is 2.67. The third-order valence-corrected chi connectivity index (χ3v) is 3.10. The van der Waals surface area contributed by atoms with Crippen LogP contribution in [-0.4, -0.2) is 17.1 Å². The van der Waals surface area contributed by atoms with E-state index in [0.29, 0.717) is 12.2 Å². The summed E-state index contributed by atoms with van der Waals surface area (Å²) in [7, 11) is 1.95. The summed E-state index contributed by atoms with van der Waals surface area (Å²) >= 11 is 0. The molecule has 0 unspecified atom stereocenters. The fraction of sp³-hybridized carbons (Fsp3) is 0.400. The van der Waals surface area contributed by atoms with Gasteiger partial charge in [-0.3, -0.25) is 0 Å². The molecule has 0 aliphatic carbocycles. The molecule has 0 aliphatic rings. The summed E-state index contributed by atoms with van der Waals surface area (Å²) in [5, 5.41) is 0.963. The Hall–Kier alpha value is -1.77. The number of aryl methyl sites for hydroxylation is 2. The van der Waals surface area contributed by atoms with Crippen LogP contribution in [0.3, 0.4) is 0 Å². The highest BCUT2D eigenvalue weighted by molar-refractivity contribution is 6.04. The first-order chi connectivity index (χ1) is 8.63. The van der Waals surface area contributed by atoms with Gasteiger partial charge < -0.3 is 9.30 Å². The predicted octanol–water partition coefficient (Wildman–Crippen LogP) is 3.44. The quantitative estimate of drug-likeness (QED) is 0.610. The standard InChI is InChI=1S/C15H19NO2/c1-4-5-8-18-15(17)13-10-16(3)14-9-11(2)6-7-12(13)14/h6-7,9-10H,4-5,8H2,1-3H3. The molecule has 0 N–H and O–H groups in total. The molecule has 3 nitrogen and oxygen atoms in total. The summed E-state index contributed by atoms with van der Waals surface area (Å²) in [6.07, 6.45) is 3.79. The van der Waals surface area contributed by atoms with Crippen molar-refractivity contribution < 1.29 is 9.53 Å². The van der Waals surface area contributed by atoms with Crippen molar-refractivity contribution >= 4 is 16.9 Å². The van der Waals surface area contributed by atoms with Crippen molar-refractivity contribution in [3.8, 4) is 0 Å². The van der Waals surface area contributed by atoms with E-state index in [1.807, 2.05) is 36.9 Å². The van der Waals surface area contributed by atoms with Gasteiger partial charge in [0.2, 0.25) is 0 Å². The number of hydrogen-bond donors (Lipinski definition) is 0. The Morgan fingerprint density at radius 2 is 2.17 bits per heavy atom. The van der Waals surface area contributed by atoms with Gasteiger partial charge in [-0.1, -0.05) is 25.5 Å². The van der Waals surface area contributed by atoms with Crippen molar-refractivity contribution in [1.82, 2.24) is 4.57 Å². The third kappa shape index (κ3) is 2.40. The number of ether oxygens (including phenoxy) is 1. The number of hydrogen-bond acceptors (Lipinski definition) is 2. The minimum absolute atomic E-state index is 0.224. The van der Waals surface area contributed by atoms with Gasteiger partial charge in [0.05, 0.1) is 12.2 Å². The largest absolute Gasteiger partial charge is 0.462 e. The summed E-state index contributed by atoms with van der Waals surface area (Å²) < 4.78 is 7.24. The van der Waals surface area contributed by atoms with E-state index in [0.717, 1.165) is 23.7 Å². The summed E-state index contributed by atoms with van der Waals surface area (Å²) in [5.41, 5.74) is 2.91. The van der Waals surface area contributed by atoms with Gasteiger partial charge in [-0.05, 0) is 25.0 Å². The monoisotopic (exact) mass is 245 g/mol. The molecule has 18 heavy (non-hydrogen) atoms. The lowest BCUT2D eigenvalue weighted by Gasteiger charge is -2.02. The van der Waals surface area contributed by atoms with Crippen LogP contribution in [0.25, 0.3) is 10.9 Å². The van der Waals surface area contributed by atoms with Gasteiger partial charge in [-0.15, -0.1) is 0 Å². The zero-order valence-corrected chi connectivity index (χ0v) is 11.2. The Morgan fingerprint density at radius 3 is 2.89 bits per heavy atom. The lowest BCUT2D eigenvalue weighted by molar-refractivity contribution is 0.0502. The highest BCUT2D eigenvalue weighted by atomic mass is 16.5. The molecule has 0 spiro atoms. The number of carbonyl (C=O) groups is 1. The van der Waals surface area contributed by atoms with Crippen LogP contribution in [0.1, 0.15) is 35.7 Å². The van der Waals surface area contributed by atoms with Crippen LogP contribution < -0.4 is 0 Å². The molecular weight excluding hydrogens is 226 g/mol. The molecule has 0 saturated carbocycles.